The number of imidazole rings is 1. The Morgan fingerprint density at radius 3 is 2.77 bits per heavy atom. The summed E-state index contributed by atoms with van der Waals surface area (Å²) in [4.78, 5) is 18.3. The van der Waals surface area contributed by atoms with Gasteiger partial charge in [0.15, 0.2) is 0 Å². The molecule has 0 radical (unpaired) electrons. The van der Waals surface area contributed by atoms with Crippen LogP contribution in [-0.4, -0.2) is 61.0 Å². The number of nitrogens with zero attached hydrogens (tertiary/aromatic N) is 3. The Hall–Kier alpha value is -2.27. The third kappa shape index (κ3) is 4.98. The van der Waals surface area contributed by atoms with E-state index in [4.69, 9.17) is 4.74 Å². The highest BCUT2D eigenvalue weighted by molar-refractivity contribution is 7.89. The Morgan fingerprint density at radius 2 is 2.03 bits per heavy atom. The average Bonchev–Trinajstić information content (AvgIpc) is 3.40. The zero-order chi connectivity index (χ0) is 21.8. The summed E-state index contributed by atoms with van der Waals surface area (Å²) in [5.41, 5.74) is 1.46. The summed E-state index contributed by atoms with van der Waals surface area (Å²) >= 11 is 1.68. The first-order chi connectivity index (χ1) is 14.9. The minimum atomic E-state index is -3.57. The highest BCUT2D eigenvalue weighted by Crippen LogP contribution is 2.23. The molecule has 31 heavy (non-hydrogen) atoms. The van der Waals surface area contributed by atoms with Gasteiger partial charge in [-0.3, -0.25) is 4.79 Å². The van der Waals surface area contributed by atoms with Gasteiger partial charge in [0.1, 0.15) is 5.82 Å². The fourth-order valence-corrected chi connectivity index (χ4v) is 5.78. The van der Waals surface area contributed by atoms with Gasteiger partial charge in [-0.05, 0) is 36.1 Å². The van der Waals surface area contributed by atoms with Crippen molar-refractivity contribution in [2.24, 2.45) is 7.05 Å². The number of carbonyl (C=O) groups excluding carboxylic acids is 1. The molecule has 1 N–H and O–H groups in total. The van der Waals surface area contributed by atoms with Crippen molar-refractivity contribution in [1.29, 1.82) is 0 Å². The van der Waals surface area contributed by atoms with E-state index in [-0.39, 0.29) is 10.8 Å². The maximum Gasteiger partial charge on any atom is 0.243 e. The fraction of sp³-hybridized carbons (Fsp3) is 0.429. The van der Waals surface area contributed by atoms with E-state index in [1.807, 2.05) is 23.1 Å². The SMILES string of the molecule is Cn1c(CCC(=O)NCCc2cccs2)nc2cc(S(=O)(=O)N3CCOCC3)ccc21. The number of aromatic nitrogens is 2. The van der Waals surface area contributed by atoms with E-state index >= 15 is 0 Å². The molecule has 1 amide bonds. The zero-order valence-electron chi connectivity index (χ0n) is 17.4. The van der Waals surface area contributed by atoms with Crippen molar-refractivity contribution in [3.05, 3.63) is 46.4 Å². The van der Waals surface area contributed by atoms with Crippen LogP contribution in [0, 0.1) is 0 Å². The quantitative estimate of drug-likeness (QED) is 0.552. The van der Waals surface area contributed by atoms with Gasteiger partial charge >= 0.3 is 0 Å². The van der Waals surface area contributed by atoms with Crippen molar-refractivity contribution >= 4 is 38.3 Å². The number of thiophene rings is 1. The number of ether oxygens (including phenoxy) is 1. The molecule has 0 saturated carbocycles. The third-order valence-corrected chi connectivity index (χ3v) is 8.23. The minimum Gasteiger partial charge on any atom is -0.379 e. The number of sulfonamides is 1. The Morgan fingerprint density at radius 1 is 1.23 bits per heavy atom. The van der Waals surface area contributed by atoms with E-state index in [0.717, 1.165) is 17.8 Å². The first kappa shape index (κ1) is 21.9. The summed E-state index contributed by atoms with van der Waals surface area (Å²) in [7, 11) is -1.69. The molecule has 1 aromatic carbocycles. The molecule has 1 aliphatic rings. The van der Waals surface area contributed by atoms with Gasteiger partial charge in [-0.25, -0.2) is 13.4 Å². The van der Waals surface area contributed by atoms with Crippen LogP contribution in [0.4, 0.5) is 0 Å². The number of rotatable bonds is 8. The number of hydrogen-bond acceptors (Lipinski definition) is 6. The Balaban J connectivity index is 1.41. The van der Waals surface area contributed by atoms with Crippen LogP contribution in [0.15, 0.2) is 40.6 Å². The summed E-state index contributed by atoms with van der Waals surface area (Å²) in [6, 6.07) is 9.08. The van der Waals surface area contributed by atoms with Crippen LogP contribution in [-0.2, 0) is 39.4 Å². The van der Waals surface area contributed by atoms with E-state index in [1.54, 1.807) is 29.5 Å². The normalized spacial score (nSPS) is 15.4. The second-order valence-electron chi connectivity index (χ2n) is 7.43. The molecule has 3 heterocycles. The molecule has 2 aromatic heterocycles. The number of carbonyl (C=O) groups is 1. The second-order valence-corrected chi connectivity index (χ2v) is 10.4. The summed E-state index contributed by atoms with van der Waals surface area (Å²) in [5.74, 6) is 0.739. The molecule has 3 aromatic rings. The van der Waals surface area contributed by atoms with Gasteiger partial charge in [0.2, 0.25) is 15.9 Å². The average molecular weight is 463 g/mol. The number of fused-ring (bicyclic) bond motifs is 1. The summed E-state index contributed by atoms with van der Waals surface area (Å²) in [6.45, 7) is 2.14. The van der Waals surface area contributed by atoms with Crippen LogP contribution in [0.3, 0.4) is 0 Å². The molecule has 4 rings (SSSR count). The first-order valence-electron chi connectivity index (χ1n) is 10.3. The fourth-order valence-electron chi connectivity index (χ4n) is 3.64. The molecule has 10 heteroatoms. The van der Waals surface area contributed by atoms with Crippen LogP contribution in [0.1, 0.15) is 17.1 Å². The highest BCUT2D eigenvalue weighted by Gasteiger charge is 2.27. The zero-order valence-corrected chi connectivity index (χ0v) is 19.0. The maximum absolute atomic E-state index is 12.9. The van der Waals surface area contributed by atoms with Crippen molar-refractivity contribution in [1.82, 2.24) is 19.2 Å². The van der Waals surface area contributed by atoms with Gasteiger partial charge in [-0.1, -0.05) is 6.07 Å². The molecule has 1 saturated heterocycles. The molecule has 0 bridgehead atoms. The molecular formula is C21H26N4O4S2. The molecular weight excluding hydrogens is 436 g/mol. The smallest absolute Gasteiger partial charge is 0.243 e. The predicted octanol–water partition coefficient (Wildman–Crippen LogP) is 1.95. The molecule has 8 nitrogen and oxygen atoms in total. The first-order valence-corrected chi connectivity index (χ1v) is 12.6. The number of morpholine rings is 1. The molecule has 166 valence electrons. The van der Waals surface area contributed by atoms with Gasteiger partial charge in [-0.2, -0.15) is 4.31 Å². The molecule has 1 aliphatic heterocycles. The summed E-state index contributed by atoms with van der Waals surface area (Å²) < 4.78 is 34.4. The lowest BCUT2D eigenvalue weighted by Crippen LogP contribution is -2.40. The van der Waals surface area contributed by atoms with E-state index in [0.29, 0.717) is 51.2 Å². The number of nitrogens with one attached hydrogen (secondary N) is 1. The number of benzene rings is 1. The van der Waals surface area contributed by atoms with Crippen LogP contribution >= 0.6 is 11.3 Å². The maximum atomic E-state index is 12.9. The molecule has 0 unspecified atom stereocenters. The lowest BCUT2D eigenvalue weighted by molar-refractivity contribution is -0.121. The Kier molecular flexibility index (Phi) is 6.71. The molecule has 0 aliphatic carbocycles. The molecule has 0 atom stereocenters. The largest absolute Gasteiger partial charge is 0.379 e. The van der Waals surface area contributed by atoms with Crippen molar-refractivity contribution in [3.8, 4) is 0 Å². The lowest BCUT2D eigenvalue weighted by atomic mass is 10.2. The van der Waals surface area contributed by atoms with Crippen LogP contribution < -0.4 is 5.32 Å². The highest BCUT2D eigenvalue weighted by atomic mass is 32.2. The Bertz CT molecular complexity index is 1150. The van der Waals surface area contributed by atoms with E-state index in [1.165, 1.54) is 9.18 Å². The van der Waals surface area contributed by atoms with Gasteiger partial charge in [-0.15, -0.1) is 11.3 Å². The second kappa shape index (κ2) is 9.47. The summed E-state index contributed by atoms with van der Waals surface area (Å²) in [6.07, 6.45) is 1.65. The molecule has 1 fully saturated rings. The van der Waals surface area contributed by atoms with E-state index in [2.05, 4.69) is 16.4 Å². The van der Waals surface area contributed by atoms with Crippen LogP contribution in [0.25, 0.3) is 11.0 Å². The molecule has 0 spiro atoms. The lowest BCUT2D eigenvalue weighted by Gasteiger charge is -2.26. The van der Waals surface area contributed by atoms with E-state index < -0.39 is 10.0 Å². The van der Waals surface area contributed by atoms with Gasteiger partial charge in [0.25, 0.3) is 0 Å². The topological polar surface area (TPSA) is 93.5 Å². The van der Waals surface area contributed by atoms with Crippen molar-refractivity contribution in [2.45, 2.75) is 24.2 Å². The van der Waals surface area contributed by atoms with Crippen molar-refractivity contribution < 1.29 is 17.9 Å². The Labute approximate surface area is 185 Å². The van der Waals surface area contributed by atoms with Crippen LogP contribution in [0.5, 0.6) is 0 Å². The standard InChI is InChI=1S/C21H26N4O4S2/c1-24-19-5-4-17(31(27,28)25-10-12-29-13-11-25)15-18(19)23-20(24)6-7-21(26)22-9-8-16-3-2-14-30-16/h2-5,14-15H,6-13H2,1H3,(H,22,26). The number of amides is 1. The third-order valence-electron chi connectivity index (χ3n) is 5.40. The van der Waals surface area contributed by atoms with Gasteiger partial charge in [0, 0.05) is 44.4 Å². The minimum absolute atomic E-state index is 0.0146. The van der Waals surface area contributed by atoms with E-state index in [9.17, 15) is 13.2 Å². The summed E-state index contributed by atoms with van der Waals surface area (Å²) in [5, 5.41) is 4.97. The van der Waals surface area contributed by atoms with Crippen LogP contribution in [0.2, 0.25) is 0 Å². The number of aryl methyl sites for hydroxylation is 2. The number of hydrogen-bond donors (Lipinski definition) is 1. The predicted molar refractivity (Wildman–Crippen MR) is 120 cm³/mol. The monoisotopic (exact) mass is 462 g/mol. The van der Waals surface area contributed by atoms with Gasteiger partial charge in [0.05, 0.1) is 29.1 Å². The van der Waals surface area contributed by atoms with Crippen molar-refractivity contribution in [3.63, 3.8) is 0 Å². The van der Waals surface area contributed by atoms with Crippen molar-refractivity contribution in [2.75, 3.05) is 32.8 Å². The van der Waals surface area contributed by atoms with Gasteiger partial charge < -0.3 is 14.6 Å².